The molecule has 0 saturated carbocycles. The van der Waals surface area contributed by atoms with Crippen molar-refractivity contribution < 1.29 is 9.30 Å². The fraction of sp³-hybridized carbons (Fsp3) is 0.462. The van der Waals surface area contributed by atoms with Crippen molar-refractivity contribution in [3.8, 4) is 0 Å². The molecule has 2 rings (SSSR count). The van der Waals surface area contributed by atoms with E-state index in [0.29, 0.717) is 0 Å². The molecule has 0 unspecified atom stereocenters. The van der Waals surface area contributed by atoms with Gasteiger partial charge in [-0.25, -0.2) is 9.13 Å². The highest BCUT2D eigenvalue weighted by Gasteiger charge is 2.12. The lowest BCUT2D eigenvalue weighted by atomic mass is 10.2. The first-order valence-electron chi connectivity index (χ1n) is 5.75. The summed E-state index contributed by atoms with van der Waals surface area (Å²) in [7, 11) is 2.08. The van der Waals surface area contributed by atoms with E-state index in [1.54, 1.807) is 0 Å². The second-order valence-electron chi connectivity index (χ2n) is 4.11. The Labute approximate surface area is 96.3 Å². The molecule has 0 amide bonds. The lowest BCUT2D eigenvalue weighted by Crippen LogP contribution is -2.34. The third kappa shape index (κ3) is 2.09. The molecule has 1 aromatic carbocycles. The largest absolute Gasteiger partial charge is 0.378 e. The maximum Gasteiger partial charge on any atom is 0.244 e. The zero-order chi connectivity index (χ0) is 11.5. The van der Waals surface area contributed by atoms with Crippen LogP contribution in [-0.2, 0) is 18.3 Å². The van der Waals surface area contributed by atoms with Gasteiger partial charge >= 0.3 is 0 Å². The molecule has 86 valence electrons. The minimum Gasteiger partial charge on any atom is -0.378 e. The highest BCUT2D eigenvalue weighted by molar-refractivity contribution is 5.72. The van der Waals surface area contributed by atoms with Gasteiger partial charge in [0, 0.05) is 6.61 Å². The third-order valence-corrected chi connectivity index (χ3v) is 2.81. The van der Waals surface area contributed by atoms with Gasteiger partial charge in [0.25, 0.3) is 0 Å². The van der Waals surface area contributed by atoms with E-state index in [2.05, 4.69) is 47.6 Å². The molecule has 0 aliphatic carbocycles. The average Bonchev–Trinajstić information content (AvgIpc) is 2.56. The molecule has 3 heteroatoms. The fourth-order valence-corrected chi connectivity index (χ4v) is 1.98. The van der Waals surface area contributed by atoms with Crippen molar-refractivity contribution >= 4 is 11.0 Å². The summed E-state index contributed by atoms with van der Waals surface area (Å²) in [5, 5.41) is 0. The van der Waals surface area contributed by atoms with E-state index in [-0.39, 0.29) is 0 Å². The van der Waals surface area contributed by atoms with Gasteiger partial charge in [-0.3, -0.25) is 0 Å². The van der Waals surface area contributed by atoms with Gasteiger partial charge in [-0.1, -0.05) is 6.07 Å². The molecule has 0 radical (unpaired) electrons. The Morgan fingerprint density at radius 2 is 2.19 bits per heavy atom. The van der Waals surface area contributed by atoms with Crippen LogP contribution in [0.1, 0.15) is 12.5 Å². The van der Waals surface area contributed by atoms with Gasteiger partial charge in [0.1, 0.15) is 6.54 Å². The summed E-state index contributed by atoms with van der Waals surface area (Å²) < 4.78 is 9.79. The second kappa shape index (κ2) is 4.66. The van der Waals surface area contributed by atoms with Gasteiger partial charge in [0.15, 0.2) is 11.0 Å². The van der Waals surface area contributed by atoms with Crippen molar-refractivity contribution in [1.29, 1.82) is 0 Å². The predicted octanol–water partition coefficient (Wildman–Crippen LogP) is 1.81. The van der Waals surface area contributed by atoms with Gasteiger partial charge in [0.05, 0.1) is 13.7 Å². The van der Waals surface area contributed by atoms with Crippen LogP contribution in [-0.4, -0.2) is 17.8 Å². The highest BCUT2D eigenvalue weighted by Crippen LogP contribution is 2.11. The average molecular weight is 219 g/mol. The Balaban J connectivity index is 2.32. The van der Waals surface area contributed by atoms with E-state index in [1.807, 2.05) is 6.92 Å². The summed E-state index contributed by atoms with van der Waals surface area (Å²) in [5.41, 5.74) is 3.84. The second-order valence-corrected chi connectivity index (χ2v) is 4.11. The van der Waals surface area contributed by atoms with Crippen LogP contribution in [0.15, 0.2) is 24.5 Å². The molecular weight excluding hydrogens is 200 g/mol. The van der Waals surface area contributed by atoms with Crippen LogP contribution in [0.5, 0.6) is 0 Å². The molecule has 0 N–H and O–H groups in total. The number of benzene rings is 1. The van der Waals surface area contributed by atoms with E-state index >= 15 is 0 Å². The Hall–Kier alpha value is -1.35. The number of rotatable bonds is 4. The van der Waals surface area contributed by atoms with E-state index in [9.17, 15) is 0 Å². The standard InChI is InChI=1S/C13H19N2O/c1-4-16-8-7-15-10-14(3)13-9-11(2)5-6-12(13)15/h5-6,9-10H,4,7-8H2,1-3H3/q+1. The molecular formula is C13H19N2O+. The van der Waals surface area contributed by atoms with Crippen molar-refractivity contribution in [3.05, 3.63) is 30.1 Å². The maximum atomic E-state index is 5.39. The van der Waals surface area contributed by atoms with E-state index < -0.39 is 0 Å². The van der Waals surface area contributed by atoms with Gasteiger partial charge < -0.3 is 4.74 Å². The summed E-state index contributed by atoms with van der Waals surface area (Å²) in [4.78, 5) is 0. The number of aryl methyl sites for hydroxylation is 2. The summed E-state index contributed by atoms with van der Waals surface area (Å²) in [6.45, 7) is 6.61. The zero-order valence-corrected chi connectivity index (χ0v) is 10.2. The van der Waals surface area contributed by atoms with Crippen LogP contribution >= 0.6 is 0 Å². The molecule has 16 heavy (non-hydrogen) atoms. The van der Waals surface area contributed by atoms with E-state index in [4.69, 9.17) is 4.74 Å². The van der Waals surface area contributed by atoms with E-state index in [1.165, 1.54) is 16.6 Å². The number of imidazole rings is 1. The SMILES string of the molecule is CCOCC[n+]1cn(C)c2cc(C)ccc21. The minimum atomic E-state index is 0.772. The molecule has 1 aromatic heterocycles. The van der Waals surface area contributed by atoms with Crippen LogP contribution in [0, 0.1) is 6.92 Å². The number of ether oxygens (including phenoxy) is 1. The molecule has 0 fully saturated rings. The summed E-state index contributed by atoms with van der Waals surface area (Å²) in [6, 6.07) is 6.54. The molecule has 0 saturated heterocycles. The van der Waals surface area contributed by atoms with Gasteiger partial charge in [-0.15, -0.1) is 0 Å². The monoisotopic (exact) mass is 219 g/mol. The smallest absolute Gasteiger partial charge is 0.244 e. The Kier molecular flexibility index (Phi) is 3.25. The Morgan fingerprint density at radius 1 is 1.38 bits per heavy atom. The quantitative estimate of drug-likeness (QED) is 0.566. The van der Waals surface area contributed by atoms with Gasteiger partial charge in [0.2, 0.25) is 6.33 Å². The van der Waals surface area contributed by atoms with Crippen molar-refractivity contribution in [2.45, 2.75) is 20.4 Å². The molecule has 0 aliphatic heterocycles. The Morgan fingerprint density at radius 3 is 2.94 bits per heavy atom. The zero-order valence-electron chi connectivity index (χ0n) is 10.2. The maximum absolute atomic E-state index is 5.39. The van der Waals surface area contributed by atoms with Gasteiger partial charge in [-0.05, 0) is 31.5 Å². The number of fused-ring (bicyclic) bond motifs is 1. The molecule has 2 aromatic rings. The van der Waals surface area contributed by atoms with Gasteiger partial charge in [-0.2, -0.15) is 0 Å². The lowest BCUT2D eigenvalue weighted by Gasteiger charge is -1.98. The topological polar surface area (TPSA) is 18.0 Å². The lowest BCUT2D eigenvalue weighted by molar-refractivity contribution is -0.673. The van der Waals surface area contributed by atoms with E-state index in [0.717, 1.165) is 19.8 Å². The van der Waals surface area contributed by atoms with Crippen LogP contribution in [0.25, 0.3) is 11.0 Å². The number of hydrogen-bond donors (Lipinski definition) is 0. The third-order valence-electron chi connectivity index (χ3n) is 2.81. The molecule has 0 bridgehead atoms. The molecule has 0 spiro atoms. The summed E-state index contributed by atoms with van der Waals surface area (Å²) in [5.74, 6) is 0. The van der Waals surface area contributed by atoms with Crippen LogP contribution < -0.4 is 4.57 Å². The molecule has 3 nitrogen and oxygen atoms in total. The first-order chi connectivity index (χ1) is 7.72. The molecule has 0 aliphatic rings. The van der Waals surface area contributed by atoms with Crippen LogP contribution in [0.4, 0.5) is 0 Å². The van der Waals surface area contributed by atoms with Crippen LogP contribution in [0.2, 0.25) is 0 Å². The van der Waals surface area contributed by atoms with Crippen LogP contribution in [0.3, 0.4) is 0 Å². The first kappa shape index (κ1) is 11.1. The minimum absolute atomic E-state index is 0.772. The van der Waals surface area contributed by atoms with Crippen molar-refractivity contribution in [2.75, 3.05) is 13.2 Å². The molecule has 0 atom stereocenters. The van der Waals surface area contributed by atoms with Crippen molar-refractivity contribution in [2.24, 2.45) is 7.05 Å². The Bertz CT molecular complexity index is 488. The normalized spacial score (nSPS) is 11.2. The highest BCUT2D eigenvalue weighted by atomic mass is 16.5. The number of nitrogens with zero attached hydrogens (tertiary/aromatic N) is 2. The predicted molar refractivity (Wildman–Crippen MR) is 64.3 cm³/mol. The summed E-state index contributed by atoms with van der Waals surface area (Å²) in [6.07, 6.45) is 2.13. The van der Waals surface area contributed by atoms with Crippen molar-refractivity contribution in [3.63, 3.8) is 0 Å². The van der Waals surface area contributed by atoms with Crippen molar-refractivity contribution in [1.82, 2.24) is 4.57 Å². The molecule has 1 heterocycles. The fourth-order valence-electron chi connectivity index (χ4n) is 1.98. The first-order valence-corrected chi connectivity index (χ1v) is 5.75. The number of aromatic nitrogens is 2. The number of hydrogen-bond acceptors (Lipinski definition) is 1. The summed E-state index contributed by atoms with van der Waals surface area (Å²) >= 11 is 0.